The predicted molar refractivity (Wildman–Crippen MR) is 53.3 cm³/mol. The molecule has 1 aromatic carbocycles. The summed E-state index contributed by atoms with van der Waals surface area (Å²) in [6.07, 6.45) is -4.98. The van der Waals surface area contributed by atoms with Crippen molar-refractivity contribution in [3.8, 4) is 0 Å². The van der Waals surface area contributed by atoms with Gasteiger partial charge in [-0.1, -0.05) is 0 Å². The van der Waals surface area contributed by atoms with Crippen LogP contribution < -0.4 is 3.07 Å². The van der Waals surface area contributed by atoms with Crippen LogP contribution in [0.3, 0.4) is 0 Å². The maximum absolute atomic E-state index is 11.9. The zero-order valence-corrected chi connectivity index (χ0v) is 15.7. The fraction of sp³-hybridized carbons (Fsp3) is 0.125. The van der Waals surface area contributed by atoms with Crippen molar-refractivity contribution < 1.29 is 45.6 Å². The van der Waals surface area contributed by atoms with Crippen LogP contribution in [0, 0.1) is 0 Å². The van der Waals surface area contributed by atoms with Gasteiger partial charge in [0.1, 0.15) is 0 Å². The van der Waals surface area contributed by atoms with Gasteiger partial charge < -0.3 is 0 Å². The zero-order chi connectivity index (χ0) is 13.2. The number of hydrogen-bond donors (Lipinski definition) is 0. The number of rotatable bonds is 2. The van der Waals surface area contributed by atoms with E-state index in [9.17, 15) is 18.0 Å². The molecule has 2 nitrogen and oxygen atoms in total. The summed E-state index contributed by atoms with van der Waals surface area (Å²) >= 11 is 14.3. The van der Waals surface area contributed by atoms with Crippen LogP contribution in [0.5, 0.6) is 0 Å². The molecule has 0 aliphatic carbocycles. The Morgan fingerprint density at radius 1 is 1.12 bits per heavy atom. The quantitative estimate of drug-likeness (QED) is 0.466. The number of carbonyl (C=O) groups is 1. The molecule has 1 aromatic rings. The normalized spacial score (nSPS) is 10.9. The predicted octanol–water partition coefficient (Wildman–Crippen LogP) is 3.38. The molecule has 17 heavy (non-hydrogen) atoms. The average molecular weight is 494 g/mol. The third-order valence-electron chi connectivity index (χ3n) is 1.68. The Labute approximate surface area is 122 Å². The van der Waals surface area contributed by atoms with Crippen molar-refractivity contribution in [2.45, 2.75) is 6.18 Å². The molecule has 0 N–H and O–H groups in total. The van der Waals surface area contributed by atoms with E-state index in [-0.39, 0.29) is 15.1 Å². The van der Waals surface area contributed by atoms with Gasteiger partial charge in [0.15, 0.2) is 0 Å². The van der Waals surface area contributed by atoms with Crippen LogP contribution in [0.15, 0.2) is 12.1 Å². The number of alkyl halides is 3. The Bertz CT molecular complexity index is 450. The Kier molecular flexibility index (Phi) is 5.37. The molecule has 0 fully saturated rings. The molecule has 9 heteroatoms. The van der Waals surface area contributed by atoms with Crippen molar-refractivity contribution in [1.82, 2.24) is 0 Å². The van der Waals surface area contributed by atoms with E-state index in [4.69, 9.17) is 34.8 Å². The summed E-state index contributed by atoms with van der Waals surface area (Å²) in [6.45, 7) is 0. The van der Waals surface area contributed by atoms with Crippen molar-refractivity contribution in [3.05, 3.63) is 27.2 Å². The molecule has 0 unspecified atom stereocenters. The number of carbonyl (C=O) groups excluding carboxylic acids is 1. The molecular formula is C8H2Cl3F3HgO2. The number of benzene rings is 1. The summed E-state index contributed by atoms with van der Waals surface area (Å²) in [6, 6.07) is 2.64. The molecule has 0 aliphatic heterocycles. The van der Waals surface area contributed by atoms with Gasteiger partial charge in [0.05, 0.1) is 0 Å². The molecule has 0 saturated heterocycles. The van der Waals surface area contributed by atoms with Gasteiger partial charge in [-0.05, 0) is 0 Å². The summed E-state index contributed by atoms with van der Waals surface area (Å²) in [5, 5.41) is 0.515. The SMILES string of the molecule is O=C([O][Hg][c]1cc(Cl)c(Cl)cc1Cl)C(F)(F)F. The van der Waals surface area contributed by atoms with Crippen LogP contribution in [0.4, 0.5) is 13.2 Å². The van der Waals surface area contributed by atoms with Gasteiger partial charge in [0.25, 0.3) is 0 Å². The second kappa shape index (κ2) is 5.95. The second-order valence-electron chi connectivity index (χ2n) is 2.93. The van der Waals surface area contributed by atoms with E-state index in [1.807, 2.05) is 0 Å². The standard InChI is InChI=1S/C6H2Cl3.C2HF3O2.Hg/c7-4-1-2-5(8)6(9)3-4;3-2(4,5)1(6)7;/h2-3H;(H,6,7);/q;;+1/p-1. The van der Waals surface area contributed by atoms with Gasteiger partial charge in [-0.3, -0.25) is 0 Å². The summed E-state index contributed by atoms with van der Waals surface area (Å²) in [5.41, 5.74) is 0. The fourth-order valence-electron chi connectivity index (χ4n) is 0.899. The van der Waals surface area contributed by atoms with Crippen molar-refractivity contribution in [3.63, 3.8) is 0 Å². The van der Waals surface area contributed by atoms with Crippen molar-refractivity contribution in [1.29, 1.82) is 0 Å². The van der Waals surface area contributed by atoms with Gasteiger partial charge in [-0.15, -0.1) is 0 Å². The summed E-state index contributed by atoms with van der Waals surface area (Å²) in [4.78, 5) is 10.5. The molecule has 0 atom stereocenters. The van der Waals surface area contributed by atoms with Crippen LogP contribution >= 0.6 is 34.8 Å². The molecular weight excluding hydrogens is 492 g/mol. The monoisotopic (exact) mass is 494 g/mol. The Balaban J connectivity index is 2.77. The van der Waals surface area contributed by atoms with Crippen LogP contribution in [-0.4, -0.2) is 12.1 Å². The first-order valence-corrected chi connectivity index (χ1v) is 10.2. The average Bonchev–Trinajstić information content (AvgIpc) is 2.19. The van der Waals surface area contributed by atoms with Crippen molar-refractivity contribution in [2.24, 2.45) is 0 Å². The molecule has 90 valence electrons. The van der Waals surface area contributed by atoms with E-state index in [0.29, 0.717) is 3.07 Å². The van der Waals surface area contributed by atoms with Gasteiger partial charge in [-0.25, -0.2) is 0 Å². The van der Waals surface area contributed by atoms with E-state index in [1.165, 1.54) is 12.1 Å². The summed E-state index contributed by atoms with van der Waals surface area (Å²) < 4.78 is 40.2. The molecule has 0 heterocycles. The minimum atomic E-state index is -4.98. The Morgan fingerprint density at radius 3 is 2.18 bits per heavy atom. The maximum atomic E-state index is 11.9. The van der Waals surface area contributed by atoms with Gasteiger partial charge in [-0.2, -0.15) is 0 Å². The van der Waals surface area contributed by atoms with Crippen molar-refractivity contribution >= 4 is 43.8 Å². The molecule has 0 aliphatic rings. The van der Waals surface area contributed by atoms with Gasteiger partial charge >= 0.3 is 123 Å². The molecule has 0 amide bonds. The van der Waals surface area contributed by atoms with Crippen LogP contribution in [-0.2, 0) is 32.5 Å². The number of hydrogen-bond acceptors (Lipinski definition) is 2. The van der Waals surface area contributed by atoms with E-state index >= 15 is 0 Å². The van der Waals surface area contributed by atoms with Gasteiger partial charge in [0.2, 0.25) is 0 Å². The number of halogens is 6. The molecule has 0 bridgehead atoms. The third-order valence-corrected chi connectivity index (χ3v) is 8.69. The van der Waals surface area contributed by atoms with Crippen LogP contribution in [0.25, 0.3) is 0 Å². The first kappa shape index (κ1) is 15.3. The first-order chi connectivity index (χ1) is 7.71. The molecule has 0 spiro atoms. The first-order valence-electron chi connectivity index (χ1n) is 4.09. The van der Waals surface area contributed by atoms with E-state index < -0.39 is 37.2 Å². The zero-order valence-electron chi connectivity index (χ0n) is 7.95. The molecule has 0 saturated carbocycles. The van der Waals surface area contributed by atoms with E-state index in [1.54, 1.807) is 0 Å². The summed E-state index contributed by atoms with van der Waals surface area (Å²) in [7, 11) is 0. The van der Waals surface area contributed by atoms with Crippen molar-refractivity contribution in [2.75, 3.05) is 0 Å². The summed E-state index contributed by atoms with van der Waals surface area (Å²) in [5.74, 6) is -2.19. The minimum absolute atomic E-state index is 0.161. The third kappa shape index (κ3) is 4.46. The topological polar surface area (TPSA) is 26.3 Å². The Hall–Kier alpha value is 0.285. The second-order valence-corrected chi connectivity index (χ2v) is 9.36. The van der Waals surface area contributed by atoms with E-state index in [0.717, 1.165) is 0 Å². The Morgan fingerprint density at radius 2 is 1.65 bits per heavy atom. The molecule has 1 rings (SSSR count). The van der Waals surface area contributed by atoms with Crippen LogP contribution in [0.1, 0.15) is 0 Å². The molecule has 0 aromatic heterocycles. The van der Waals surface area contributed by atoms with Crippen LogP contribution in [0.2, 0.25) is 15.1 Å². The van der Waals surface area contributed by atoms with E-state index in [2.05, 4.69) is 2.64 Å². The fourth-order valence-corrected chi connectivity index (χ4v) is 6.25. The molecule has 0 radical (unpaired) electrons. The van der Waals surface area contributed by atoms with Gasteiger partial charge in [0, 0.05) is 0 Å².